The van der Waals surface area contributed by atoms with Crippen LogP contribution in [0.5, 0.6) is 0 Å². The van der Waals surface area contributed by atoms with Crippen molar-refractivity contribution in [1.29, 1.82) is 5.26 Å². The van der Waals surface area contributed by atoms with Crippen molar-refractivity contribution in [2.45, 2.75) is 16.5 Å². The number of thioether (sulfide) groups is 1. The number of benzene rings is 1. The van der Waals surface area contributed by atoms with Crippen molar-refractivity contribution in [3.63, 3.8) is 0 Å². The lowest BCUT2D eigenvalue weighted by molar-refractivity contribution is -0.137. The summed E-state index contributed by atoms with van der Waals surface area (Å²) in [6.07, 6.45) is -4.68. The van der Waals surface area contributed by atoms with Crippen molar-refractivity contribution in [3.05, 3.63) is 38.5 Å². The molecule has 0 aromatic heterocycles. The van der Waals surface area contributed by atoms with E-state index in [1.54, 1.807) is 6.07 Å². The van der Waals surface area contributed by atoms with E-state index >= 15 is 0 Å². The molecule has 1 aromatic carbocycles. The standard InChI is InChI=1S/C13H7Cl4F4N3S/c14-7-1-5(12(19,20)21)2-8(15)9(7)24-11(17)6(3-22)10(16)13(24,23)25-4-18/h1-2,10H,4,23H2. The van der Waals surface area contributed by atoms with Crippen LogP contribution in [0.3, 0.4) is 0 Å². The summed E-state index contributed by atoms with van der Waals surface area (Å²) in [5.41, 5.74) is 4.63. The highest BCUT2D eigenvalue weighted by molar-refractivity contribution is 8.00. The number of rotatable bonds is 3. The summed E-state index contributed by atoms with van der Waals surface area (Å²) in [5.74, 6) is 0. The van der Waals surface area contributed by atoms with Gasteiger partial charge in [0.25, 0.3) is 0 Å². The van der Waals surface area contributed by atoms with E-state index in [0.717, 1.165) is 4.90 Å². The zero-order valence-electron chi connectivity index (χ0n) is 11.8. The lowest BCUT2D eigenvalue weighted by Gasteiger charge is -2.38. The zero-order chi connectivity index (χ0) is 19.2. The smallest absolute Gasteiger partial charge is 0.299 e. The first kappa shape index (κ1) is 20.7. The van der Waals surface area contributed by atoms with Crippen LogP contribution in [-0.2, 0) is 6.18 Å². The molecule has 2 atom stereocenters. The van der Waals surface area contributed by atoms with E-state index in [0.29, 0.717) is 23.9 Å². The van der Waals surface area contributed by atoms with Crippen LogP contribution in [0, 0.1) is 11.3 Å². The predicted molar refractivity (Wildman–Crippen MR) is 92.6 cm³/mol. The molecule has 2 unspecified atom stereocenters. The summed E-state index contributed by atoms with van der Waals surface area (Å²) >= 11 is 24.6. The third kappa shape index (κ3) is 3.51. The van der Waals surface area contributed by atoms with E-state index in [2.05, 4.69) is 0 Å². The Kier molecular flexibility index (Phi) is 5.99. The Balaban J connectivity index is 2.70. The normalized spacial score (nSPS) is 24.0. The fourth-order valence-electron chi connectivity index (χ4n) is 2.24. The van der Waals surface area contributed by atoms with Crippen molar-refractivity contribution in [1.82, 2.24) is 0 Å². The summed E-state index contributed by atoms with van der Waals surface area (Å²) in [6.45, 7) is 0. The van der Waals surface area contributed by atoms with Gasteiger partial charge in [-0.15, -0.1) is 11.6 Å². The average Bonchev–Trinajstić information content (AvgIpc) is 2.66. The monoisotopic (exact) mass is 453 g/mol. The van der Waals surface area contributed by atoms with E-state index in [9.17, 15) is 22.8 Å². The van der Waals surface area contributed by atoms with Crippen LogP contribution in [0.25, 0.3) is 0 Å². The van der Waals surface area contributed by atoms with Crippen molar-refractivity contribution >= 4 is 63.9 Å². The molecule has 136 valence electrons. The van der Waals surface area contributed by atoms with Gasteiger partial charge in [0.05, 0.1) is 32.9 Å². The second-order valence-corrected chi connectivity index (χ2v) is 7.58. The number of alkyl halides is 5. The number of anilines is 1. The van der Waals surface area contributed by atoms with Gasteiger partial charge in [-0.05, 0) is 12.1 Å². The topological polar surface area (TPSA) is 53.0 Å². The van der Waals surface area contributed by atoms with Gasteiger partial charge in [-0.2, -0.15) is 18.4 Å². The second-order valence-electron chi connectivity index (χ2n) is 4.81. The molecule has 0 amide bonds. The van der Waals surface area contributed by atoms with Gasteiger partial charge < -0.3 is 0 Å². The second kappa shape index (κ2) is 7.22. The molecule has 0 saturated carbocycles. The molecule has 1 aliphatic heterocycles. The Hall–Kier alpha value is -0.560. The maximum Gasteiger partial charge on any atom is 0.416 e. The fraction of sp³-hybridized carbons (Fsp3) is 0.308. The Morgan fingerprint density at radius 2 is 1.80 bits per heavy atom. The summed E-state index contributed by atoms with van der Waals surface area (Å²) < 4.78 is 51.6. The first-order valence-corrected chi connectivity index (χ1v) is 8.83. The third-order valence-electron chi connectivity index (χ3n) is 3.36. The molecular formula is C13H7Cl4F4N3S. The van der Waals surface area contributed by atoms with Gasteiger partial charge in [0.15, 0.2) is 4.99 Å². The Labute approximate surface area is 164 Å². The maximum absolute atomic E-state index is 13.0. The maximum atomic E-state index is 13.0. The van der Waals surface area contributed by atoms with E-state index in [4.69, 9.17) is 52.1 Å². The number of halogens is 8. The molecule has 2 rings (SSSR count). The molecular weight excluding hydrogens is 448 g/mol. The zero-order valence-corrected chi connectivity index (χ0v) is 15.7. The summed E-state index contributed by atoms with van der Waals surface area (Å²) in [7, 11) is 0. The van der Waals surface area contributed by atoms with E-state index < -0.39 is 38.2 Å². The van der Waals surface area contributed by atoms with Crippen LogP contribution in [0.2, 0.25) is 10.0 Å². The lowest BCUT2D eigenvalue weighted by atomic mass is 10.1. The molecule has 2 N–H and O–H groups in total. The van der Waals surface area contributed by atoms with Crippen LogP contribution in [0.4, 0.5) is 23.2 Å². The van der Waals surface area contributed by atoms with Crippen molar-refractivity contribution in [2.75, 3.05) is 10.9 Å². The van der Waals surface area contributed by atoms with Crippen LogP contribution in [0.15, 0.2) is 22.9 Å². The van der Waals surface area contributed by atoms with Crippen LogP contribution < -0.4 is 10.6 Å². The highest BCUT2D eigenvalue weighted by atomic mass is 35.5. The highest BCUT2D eigenvalue weighted by Crippen LogP contribution is 2.52. The summed E-state index contributed by atoms with van der Waals surface area (Å²) in [6, 6.07) is 1.99. The molecule has 1 aliphatic rings. The largest absolute Gasteiger partial charge is 0.416 e. The predicted octanol–water partition coefficient (Wildman–Crippen LogP) is 5.69. The van der Waals surface area contributed by atoms with Gasteiger partial charge in [0, 0.05) is 0 Å². The van der Waals surface area contributed by atoms with Crippen LogP contribution in [0.1, 0.15) is 5.56 Å². The molecule has 25 heavy (non-hydrogen) atoms. The molecule has 0 bridgehead atoms. The van der Waals surface area contributed by atoms with E-state index in [1.807, 2.05) is 0 Å². The van der Waals surface area contributed by atoms with E-state index in [-0.39, 0.29) is 16.4 Å². The molecule has 1 heterocycles. The van der Waals surface area contributed by atoms with Gasteiger partial charge in [-0.25, -0.2) is 4.39 Å². The first-order valence-electron chi connectivity index (χ1n) is 6.28. The number of nitrogens with zero attached hydrogens (tertiary/aromatic N) is 2. The third-order valence-corrected chi connectivity index (χ3v) is 5.98. The number of hydrogen-bond acceptors (Lipinski definition) is 4. The van der Waals surface area contributed by atoms with Crippen molar-refractivity contribution < 1.29 is 17.6 Å². The average molecular weight is 455 g/mol. The minimum absolute atomic E-state index is 0.182. The Morgan fingerprint density at radius 1 is 1.28 bits per heavy atom. The molecule has 1 aromatic rings. The Bertz CT molecular complexity index is 757. The van der Waals surface area contributed by atoms with Crippen LogP contribution >= 0.6 is 58.2 Å². The van der Waals surface area contributed by atoms with Crippen LogP contribution in [-0.4, -0.2) is 16.4 Å². The highest BCUT2D eigenvalue weighted by Gasteiger charge is 2.52. The molecule has 0 aliphatic carbocycles. The fourth-order valence-corrected chi connectivity index (χ4v) is 4.57. The molecule has 0 saturated heterocycles. The van der Waals surface area contributed by atoms with Crippen molar-refractivity contribution in [2.24, 2.45) is 5.73 Å². The van der Waals surface area contributed by atoms with Gasteiger partial charge in [0.2, 0.25) is 0 Å². The molecule has 0 fully saturated rings. The van der Waals surface area contributed by atoms with Gasteiger partial charge in [-0.1, -0.05) is 46.6 Å². The lowest BCUT2D eigenvalue weighted by Crippen LogP contribution is -2.55. The molecule has 12 heteroatoms. The van der Waals surface area contributed by atoms with Gasteiger partial charge in [0.1, 0.15) is 16.5 Å². The number of nitrogens with two attached hydrogens (primary N) is 1. The number of nitriles is 1. The first-order chi connectivity index (χ1) is 11.5. The molecule has 0 spiro atoms. The quantitative estimate of drug-likeness (QED) is 0.276. The minimum atomic E-state index is -4.68. The molecule has 3 nitrogen and oxygen atoms in total. The molecule has 0 radical (unpaired) electrons. The summed E-state index contributed by atoms with van der Waals surface area (Å²) in [5, 5.41) is 6.77. The SMILES string of the molecule is N#CC1=C(Cl)N(c2c(Cl)cc(C(F)(F)F)cc2Cl)C(N)(SCF)C1Cl. The van der Waals surface area contributed by atoms with Gasteiger partial charge in [-0.3, -0.25) is 10.6 Å². The van der Waals surface area contributed by atoms with Crippen molar-refractivity contribution in [3.8, 4) is 6.07 Å². The van der Waals surface area contributed by atoms with Gasteiger partial charge >= 0.3 is 6.18 Å². The number of hydrogen-bond donors (Lipinski definition) is 1. The minimum Gasteiger partial charge on any atom is -0.299 e. The Morgan fingerprint density at radius 3 is 2.20 bits per heavy atom. The summed E-state index contributed by atoms with van der Waals surface area (Å²) in [4.78, 5) is -0.842. The van der Waals surface area contributed by atoms with E-state index in [1.165, 1.54) is 0 Å².